The summed E-state index contributed by atoms with van der Waals surface area (Å²) in [4.78, 5) is 23.5. The zero-order valence-corrected chi connectivity index (χ0v) is 13.6. The lowest BCUT2D eigenvalue weighted by atomic mass is 10.2. The molecule has 0 saturated carbocycles. The Labute approximate surface area is 139 Å². The van der Waals surface area contributed by atoms with Gasteiger partial charge in [0.05, 0.1) is 19.9 Å². The number of hydrogen-bond donors (Lipinski definition) is 2. The fourth-order valence-electron chi connectivity index (χ4n) is 2.06. The number of carbonyl (C=O) groups is 1. The van der Waals surface area contributed by atoms with E-state index in [0.29, 0.717) is 36.7 Å². The third-order valence-corrected chi connectivity index (χ3v) is 3.27. The molecule has 0 atom stereocenters. The molecule has 2 aromatic rings. The molecule has 0 radical (unpaired) electrons. The van der Waals surface area contributed by atoms with Crippen LogP contribution in [0.3, 0.4) is 0 Å². The molecule has 0 unspecified atom stereocenters. The number of aryl methyl sites for hydroxylation is 1. The maximum Gasteiger partial charge on any atom is 0.319 e. The monoisotopic (exact) mass is 332 g/mol. The average Bonchev–Trinajstić information content (AvgIpc) is 2.60. The zero-order chi connectivity index (χ0) is 17.4. The number of nitrogens with zero attached hydrogens (tertiary/aromatic N) is 2. The number of urea groups is 1. The van der Waals surface area contributed by atoms with Crippen molar-refractivity contribution in [3.05, 3.63) is 46.9 Å². The molecule has 128 valence electrons. The van der Waals surface area contributed by atoms with Crippen molar-refractivity contribution < 1.29 is 14.3 Å². The van der Waals surface area contributed by atoms with Crippen LogP contribution in [0, 0.1) is 0 Å². The van der Waals surface area contributed by atoms with Gasteiger partial charge in [0, 0.05) is 31.4 Å². The van der Waals surface area contributed by atoms with E-state index < -0.39 is 0 Å². The van der Waals surface area contributed by atoms with E-state index in [1.807, 2.05) is 0 Å². The van der Waals surface area contributed by atoms with E-state index in [1.165, 1.54) is 17.9 Å². The molecule has 2 rings (SSSR count). The highest BCUT2D eigenvalue weighted by Crippen LogP contribution is 2.28. The molecule has 1 aromatic carbocycles. The minimum atomic E-state index is -0.366. The number of methoxy groups -OCH3 is 2. The molecule has 0 saturated heterocycles. The zero-order valence-electron chi connectivity index (χ0n) is 13.6. The summed E-state index contributed by atoms with van der Waals surface area (Å²) in [6, 6.07) is 7.80. The third-order valence-electron chi connectivity index (χ3n) is 3.27. The first-order valence-electron chi connectivity index (χ1n) is 7.43. The molecule has 0 bridgehead atoms. The number of nitrogens with one attached hydrogen (secondary N) is 2. The first-order valence-corrected chi connectivity index (χ1v) is 7.43. The lowest BCUT2D eigenvalue weighted by molar-refractivity contribution is 0.251. The number of carbonyl (C=O) groups excluding carboxylic acids is 1. The largest absolute Gasteiger partial charge is 0.497 e. The van der Waals surface area contributed by atoms with E-state index in [1.54, 1.807) is 37.6 Å². The quantitative estimate of drug-likeness (QED) is 0.749. The molecule has 8 nitrogen and oxygen atoms in total. The maximum atomic E-state index is 12.0. The minimum absolute atomic E-state index is 0.164. The smallest absolute Gasteiger partial charge is 0.319 e. The molecule has 1 aromatic heterocycles. The van der Waals surface area contributed by atoms with Crippen LogP contribution in [0.2, 0.25) is 0 Å². The average molecular weight is 332 g/mol. The highest BCUT2D eigenvalue weighted by Gasteiger charge is 2.08. The van der Waals surface area contributed by atoms with Crippen LogP contribution in [-0.4, -0.2) is 36.6 Å². The van der Waals surface area contributed by atoms with Gasteiger partial charge in [-0.1, -0.05) is 0 Å². The molecule has 0 fully saturated rings. The SMILES string of the molecule is COc1ccc(OC)c(NC(=O)NCCCn2ncccc2=O)c1. The normalized spacial score (nSPS) is 10.1. The highest BCUT2D eigenvalue weighted by atomic mass is 16.5. The Morgan fingerprint density at radius 1 is 1.25 bits per heavy atom. The maximum absolute atomic E-state index is 12.0. The molecule has 2 amide bonds. The lowest BCUT2D eigenvalue weighted by Crippen LogP contribution is -2.31. The topological polar surface area (TPSA) is 94.5 Å². The van der Waals surface area contributed by atoms with Crippen LogP contribution in [0.15, 0.2) is 41.3 Å². The Balaban J connectivity index is 1.83. The number of anilines is 1. The van der Waals surface area contributed by atoms with Crippen LogP contribution >= 0.6 is 0 Å². The van der Waals surface area contributed by atoms with Gasteiger partial charge in [-0.3, -0.25) is 4.79 Å². The summed E-state index contributed by atoms with van der Waals surface area (Å²) in [5, 5.41) is 9.38. The van der Waals surface area contributed by atoms with Gasteiger partial charge in [0.15, 0.2) is 0 Å². The molecule has 0 aliphatic rings. The number of ether oxygens (including phenoxy) is 2. The van der Waals surface area contributed by atoms with Crippen LogP contribution < -0.4 is 25.7 Å². The van der Waals surface area contributed by atoms with Gasteiger partial charge >= 0.3 is 6.03 Å². The second-order valence-corrected chi connectivity index (χ2v) is 4.89. The van der Waals surface area contributed by atoms with E-state index in [4.69, 9.17) is 9.47 Å². The number of rotatable bonds is 7. The number of amides is 2. The van der Waals surface area contributed by atoms with Gasteiger partial charge in [-0.15, -0.1) is 0 Å². The van der Waals surface area contributed by atoms with Gasteiger partial charge in [-0.05, 0) is 24.6 Å². The van der Waals surface area contributed by atoms with E-state index in [2.05, 4.69) is 15.7 Å². The van der Waals surface area contributed by atoms with Crippen molar-refractivity contribution in [2.45, 2.75) is 13.0 Å². The van der Waals surface area contributed by atoms with Gasteiger partial charge in [-0.25, -0.2) is 9.48 Å². The summed E-state index contributed by atoms with van der Waals surface area (Å²) >= 11 is 0. The summed E-state index contributed by atoms with van der Waals surface area (Å²) < 4.78 is 11.7. The second-order valence-electron chi connectivity index (χ2n) is 4.89. The fourth-order valence-corrected chi connectivity index (χ4v) is 2.06. The molecule has 0 spiro atoms. The predicted octanol–water partition coefficient (Wildman–Crippen LogP) is 1.47. The van der Waals surface area contributed by atoms with E-state index >= 15 is 0 Å². The Morgan fingerprint density at radius 2 is 2.08 bits per heavy atom. The van der Waals surface area contributed by atoms with E-state index in [-0.39, 0.29) is 11.6 Å². The Hall–Kier alpha value is -3.03. The second kappa shape index (κ2) is 8.56. The summed E-state index contributed by atoms with van der Waals surface area (Å²) in [5.74, 6) is 1.15. The molecule has 1 heterocycles. The molecule has 0 aliphatic carbocycles. The van der Waals surface area contributed by atoms with Crippen LogP contribution in [0.4, 0.5) is 10.5 Å². The molecular formula is C16H20N4O4. The van der Waals surface area contributed by atoms with Crippen LogP contribution in [0.5, 0.6) is 11.5 Å². The summed E-state index contributed by atoms with van der Waals surface area (Å²) in [6.07, 6.45) is 2.14. The first-order chi connectivity index (χ1) is 11.6. The minimum Gasteiger partial charge on any atom is -0.497 e. The van der Waals surface area contributed by atoms with E-state index in [0.717, 1.165) is 0 Å². The van der Waals surface area contributed by atoms with Crippen molar-refractivity contribution >= 4 is 11.7 Å². The Kier molecular flexibility index (Phi) is 6.18. The lowest BCUT2D eigenvalue weighted by Gasteiger charge is -2.12. The van der Waals surface area contributed by atoms with Crippen molar-refractivity contribution in [2.24, 2.45) is 0 Å². The van der Waals surface area contributed by atoms with Crippen molar-refractivity contribution in [3.8, 4) is 11.5 Å². The van der Waals surface area contributed by atoms with Crippen LogP contribution in [0.25, 0.3) is 0 Å². The Morgan fingerprint density at radius 3 is 2.79 bits per heavy atom. The van der Waals surface area contributed by atoms with Gasteiger partial charge in [0.25, 0.3) is 5.56 Å². The van der Waals surface area contributed by atoms with Crippen molar-refractivity contribution in [3.63, 3.8) is 0 Å². The summed E-state index contributed by atoms with van der Waals surface area (Å²) in [6.45, 7) is 0.837. The predicted molar refractivity (Wildman–Crippen MR) is 89.7 cm³/mol. The van der Waals surface area contributed by atoms with E-state index in [9.17, 15) is 9.59 Å². The number of aromatic nitrogens is 2. The summed E-state index contributed by atoms with van der Waals surface area (Å²) in [7, 11) is 3.07. The van der Waals surface area contributed by atoms with Gasteiger partial charge in [0.2, 0.25) is 0 Å². The van der Waals surface area contributed by atoms with Crippen LogP contribution in [-0.2, 0) is 6.54 Å². The van der Waals surface area contributed by atoms with Crippen LogP contribution in [0.1, 0.15) is 6.42 Å². The van der Waals surface area contributed by atoms with Gasteiger partial charge in [-0.2, -0.15) is 5.10 Å². The molecule has 8 heteroatoms. The Bertz CT molecular complexity index is 745. The third kappa shape index (κ3) is 4.73. The number of hydrogen-bond acceptors (Lipinski definition) is 5. The van der Waals surface area contributed by atoms with Crippen molar-refractivity contribution in [2.75, 3.05) is 26.1 Å². The highest BCUT2D eigenvalue weighted by molar-refractivity contribution is 5.91. The van der Waals surface area contributed by atoms with Crippen molar-refractivity contribution in [1.29, 1.82) is 0 Å². The number of benzene rings is 1. The van der Waals surface area contributed by atoms with Crippen molar-refractivity contribution in [1.82, 2.24) is 15.1 Å². The van der Waals surface area contributed by atoms with Gasteiger partial charge < -0.3 is 20.1 Å². The summed E-state index contributed by atoms with van der Waals surface area (Å²) in [5.41, 5.74) is 0.346. The standard InChI is InChI=1S/C16H20N4O4/c1-23-12-6-7-14(24-2)13(11-12)19-16(22)17-8-4-10-20-15(21)5-3-9-18-20/h3,5-7,9,11H,4,8,10H2,1-2H3,(H2,17,19,22). The molecule has 2 N–H and O–H groups in total. The molecule has 0 aliphatic heterocycles. The molecule has 24 heavy (non-hydrogen) atoms. The molecular weight excluding hydrogens is 312 g/mol. The fraction of sp³-hybridized carbons (Fsp3) is 0.312. The van der Waals surface area contributed by atoms with Gasteiger partial charge in [0.1, 0.15) is 11.5 Å². The first kappa shape index (κ1) is 17.3.